The number of nitro benzene ring substituents is 1. The molecule has 0 saturated carbocycles. The minimum atomic E-state index is -3.79. The zero-order valence-corrected chi connectivity index (χ0v) is 12.6. The molecule has 0 saturated heterocycles. The fourth-order valence-corrected chi connectivity index (χ4v) is 3.47. The van der Waals surface area contributed by atoms with Gasteiger partial charge in [0.25, 0.3) is 5.69 Å². The number of nitrogen functional groups attached to an aromatic ring is 1. The van der Waals surface area contributed by atoms with Crippen molar-refractivity contribution in [2.75, 3.05) is 5.73 Å². The van der Waals surface area contributed by atoms with Gasteiger partial charge in [-0.25, -0.2) is 18.1 Å². The highest BCUT2D eigenvalue weighted by atomic mass is 32.2. The van der Waals surface area contributed by atoms with Gasteiger partial charge in [0, 0.05) is 23.7 Å². The van der Waals surface area contributed by atoms with E-state index in [0.717, 1.165) is 28.1 Å². The molecule has 0 radical (unpaired) electrons. The summed E-state index contributed by atoms with van der Waals surface area (Å²) in [5.74, 6) is 0. The molecule has 0 aliphatic rings. The first kappa shape index (κ1) is 15.4. The summed E-state index contributed by atoms with van der Waals surface area (Å²) in [6.07, 6.45) is 1.59. The van der Waals surface area contributed by atoms with Crippen molar-refractivity contribution >= 4 is 32.7 Å². The number of sulfonamides is 1. The number of aromatic nitrogens is 1. The first-order valence-electron chi connectivity index (χ1n) is 5.74. The van der Waals surface area contributed by atoms with E-state index in [9.17, 15) is 18.5 Å². The first-order chi connectivity index (χ1) is 9.79. The summed E-state index contributed by atoms with van der Waals surface area (Å²) in [5.41, 5.74) is 4.96. The summed E-state index contributed by atoms with van der Waals surface area (Å²) in [7, 11) is -3.79. The lowest BCUT2D eigenvalue weighted by molar-refractivity contribution is -0.383. The number of anilines is 1. The summed E-state index contributed by atoms with van der Waals surface area (Å²) in [5, 5.41) is 11.5. The standard InChI is InChI=1S/C11H12N4O4S2/c1-7-13-5-8(20-7)6-14-21(18,19)9-2-3-11(15(16)17)10(12)4-9/h2-5,14H,6,12H2,1H3. The van der Waals surface area contributed by atoms with Crippen molar-refractivity contribution in [1.29, 1.82) is 0 Å². The van der Waals surface area contributed by atoms with Gasteiger partial charge in [-0.1, -0.05) is 0 Å². The highest BCUT2D eigenvalue weighted by Gasteiger charge is 2.19. The number of nitrogens with zero attached hydrogens (tertiary/aromatic N) is 2. The van der Waals surface area contributed by atoms with E-state index in [1.807, 2.05) is 6.92 Å². The van der Waals surface area contributed by atoms with Crippen LogP contribution in [0, 0.1) is 17.0 Å². The molecule has 2 rings (SSSR count). The van der Waals surface area contributed by atoms with Gasteiger partial charge in [0.1, 0.15) is 5.69 Å². The van der Waals surface area contributed by atoms with Crippen LogP contribution in [0.2, 0.25) is 0 Å². The SMILES string of the molecule is Cc1ncc(CNS(=O)(=O)c2ccc([N+](=O)[O-])c(N)c2)s1. The Morgan fingerprint density at radius 1 is 1.48 bits per heavy atom. The zero-order valence-electron chi connectivity index (χ0n) is 10.9. The fourth-order valence-electron chi connectivity index (χ4n) is 1.60. The molecular formula is C11H12N4O4S2. The van der Waals surface area contributed by atoms with Gasteiger partial charge >= 0.3 is 0 Å². The number of benzene rings is 1. The molecule has 1 aromatic carbocycles. The minimum Gasteiger partial charge on any atom is -0.393 e. The second-order valence-corrected chi connectivity index (χ2v) is 7.23. The Kier molecular flexibility index (Phi) is 4.21. The summed E-state index contributed by atoms with van der Waals surface area (Å²) in [6, 6.07) is 3.29. The molecule has 0 aliphatic heterocycles. The summed E-state index contributed by atoms with van der Waals surface area (Å²) in [6.45, 7) is 1.92. The van der Waals surface area contributed by atoms with Crippen LogP contribution in [0.5, 0.6) is 0 Å². The number of nitrogens with one attached hydrogen (secondary N) is 1. The lowest BCUT2D eigenvalue weighted by Crippen LogP contribution is -2.23. The van der Waals surface area contributed by atoms with Crippen LogP contribution in [-0.4, -0.2) is 18.3 Å². The number of nitrogens with two attached hydrogens (primary N) is 1. The van der Waals surface area contributed by atoms with E-state index in [1.54, 1.807) is 6.20 Å². The molecule has 8 nitrogen and oxygen atoms in total. The Morgan fingerprint density at radius 3 is 2.71 bits per heavy atom. The normalized spacial score (nSPS) is 11.5. The van der Waals surface area contributed by atoms with E-state index in [2.05, 4.69) is 9.71 Å². The van der Waals surface area contributed by atoms with Crippen molar-refractivity contribution in [3.63, 3.8) is 0 Å². The number of hydrogen-bond acceptors (Lipinski definition) is 7. The summed E-state index contributed by atoms with van der Waals surface area (Å²) >= 11 is 1.38. The molecule has 0 aliphatic carbocycles. The van der Waals surface area contributed by atoms with Crippen LogP contribution in [0.15, 0.2) is 29.3 Å². The molecule has 0 amide bonds. The number of aryl methyl sites for hydroxylation is 1. The molecule has 10 heteroatoms. The smallest absolute Gasteiger partial charge is 0.292 e. The molecule has 0 unspecified atom stereocenters. The number of rotatable bonds is 5. The molecule has 1 aromatic heterocycles. The lowest BCUT2D eigenvalue weighted by Gasteiger charge is -2.06. The minimum absolute atomic E-state index is 0.102. The second kappa shape index (κ2) is 5.76. The van der Waals surface area contributed by atoms with E-state index >= 15 is 0 Å². The average molecular weight is 328 g/mol. The molecule has 112 valence electrons. The maximum atomic E-state index is 12.1. The number of hydrogen-bond donors (Lipinski definition) is 2. The van der Waals surface area contributed by atoms with Gasteiger partial charge in [0.15, 0.2) is 0 Å². The third-order valence-corrected chi connectivity index (χ3v) is 4.92. The summed E-state index contributed by atoms with van der Waals surface area (Å²) in [4.78, 5) is 14.7. The summed E-state index contributed by atoms with van der Waals surface area (Å²) < 4.78 is 26.6. The molecular weight excluding hydrogens is 316 g/mol. The van der Waals surface area contributed by atoms with Gasteiger partial charge in [-0.05, 0) is 19.1 Å². The van der Waals surface area contributed by atoms with E-state index in [0.29, 0.717) is 0 Å². The van der Waals surface area contributed by atoms with E-state index < -0.39 is 14.9 Å². The van der Waals surface area contributed by atoms with Crippen LogP contribution in [0.3, 0.4) is 0 Å². The average Bonchev–Trinajstić information content (AvgIpc) is 2.82. The Balaban J connectivity index is 2.19. The maximum Gasteiger partial charge on any atom is 0.292 e. The Labute approximate surface area is 124 Å². The number of thiazole rings is 1. The maximum absolute atomic E-state index is 12.1. The molecule has 0 fully saturated rings. The van der Waals surface area contributed by atoms with Gasteiger partial charge in [-0.2, -0.15) is 0 Å². The zero-order chi connectivity index (χ0) is 15.6. The molecule has 3 N–H and O–H groups in total. The Morgan fingerprint density at radius 2 is 2.19 bits per heavy atom. The monoisotopic (exact) mass is 328 g/mol. The Hall–Kier alpha value is -2.04. The van der Waals surface area contributed by atoms with Crippen LogP contribution in [-0.2, 0) is 16.6 Å². The molecule has 2 aromatic rings. The molecule has 0 spiro atoms. The van der Waals surface area contributed by atoms with Gasteiger partial charge in [0.2, 0.25) is 10.0 Å². The van der Waals surface area contributed by atoms with Crippen LogP contribution < -0.4 is 10.5 Å². The van der Waals surface area contributed by atoms with Crippen LogP contribution in [0.25, 0.3) is 0 Å². The van der Waals surface area contributed by atoms with E-state index in [1.165, 1.54) is 11.3 Å². The van der Waals surface area contributed by atoms with Crippen molar-refractivity contribution in [3.8, 4) is 0 Å². The molecule has 0 atom stereocenters. The van der Waals surface area contributed by atoms with Gasteiger partial charge in [-0.3, -0.25) is 10.1 Å². The van der Waals surface area contributed by atoms with Crippen molar-refractivity contribution < 1.29 is 13.3 Å². The van der Waals surface area contributed by atoms with E-state index in [-0.39, 0.29) is 22.8 Å². The predicted molar refractivity (Wildman–Crippen MR) is 78.4 cm³/mol. The predicted octanol–water partition coefficient (Wildman–Crippen LogP) is 1.42. The van der Waals surface area contributed by atoms with Gasteiger partial charge < -0.3 is 5.73 Å². The van der Waals surface area contributed by atoms with Crippen LogP contribution >= 0.6 is 11.3 Å². The molecule has 21 heavy (non-hydrogen) atoms. The van der Waals surface area contributed by atoms with Gasteiger partial charge in [0.05, 0.1) is 14.8 Å². The third kappa shape index (κ3) is 3.54. The van der Waals surface area contributed by atoms with Crippen molar-refractivity contribution in [3.05, 3.63) is 44.4 Å². The van der Waals surface area contributed by atoms with Crippen molar-refractivity contribution in [2.45, 2.75) is 18.4 Å². The fraction of sp³-hybridized carbons (Fsp3) is 0.182. The van der Waals surface area contributed by atoms with E-state index in [4.69, 9.17) is 5.73 Å². The molecule has 1 heterocycles. The van der Waals surface area contributed by atoms with Crippen LogP contribution in [0.1, 0.15) is 9.88 Å². The third-order valence-electron chi connectivity index (χ3n) is 2.61. The Bertz CT molecular complexity index is 785. The topological polar surface area (TPSA) is 128 Å². The second-order valence-electron chi connectivity index (χ2n) is 4.15. The molecule has 0 bridgehead atoms. The van der Waals surface area contributed by atoms with Crippen LogP contribution in [0.4, 0.5) is 11.4 Å². The van der Waals surface area contributed by atoms with Gasteiger partial charge in [-0.15, -0.1) is 11.3 Å². The number of nitro groups is 1. The highest BCUT2D eigenvalue weighted by molar-refractivity contribution is 7.89. The lowest BCUT2D eigenvalue weighted by atomic mass is 10.3. The first-order valence-corrected chi connectivity index (χ1v) is 8.04. The quantitative estimate of drug-likeness (QED) is 0.485. The highest BCUT2D eigenvalue weighted by Crippen LogP contribution is 2.24. The largest absolute Gasteiger partial charge is 0.393 e. The van der Waals surface area contributed by atoms with Crippen molar-refractivity contribution in [1.82, 2.24) is 9.71 Å². The van der Waals surface area contributed by atoms with Crippen molar-refractivity contribution in [2.24, 2.45) is 0 Å².